The number of nitrogens with one attached hydrogen (secondary N) is 1. The third-order valence-corrected chi connectivity index (χ3v) is 5.67. The van der Waals surface area contributed by atoms with Crippen molar-refractivity contribution < 1.29 is 4.39 Å². The molecule has 20 heavy (non-hydrogen) atoms. The van der Waals surface area contributed by atoms with Crippen LogP contribution in [0.3, 0.4) is 0 Å². The van der Waals surface area contributed by atoms with Crippen molar-refractivity contribution >= 4 is 0 Å². The first-order valence-corrected chi connectivity index (χ1v) is 8.16. The molecule has 1 aliphatic heterocycles. The Morgan fingerprint density at radius 2 is 1.90 bits per heavy atom. The van der Waals surface area contributed by atoms with Crippen molar-refractivity contribution in [2.24, 2.45) is 11.3 Å². The van der Waals surface area contributed by atoms with Crippen LogP contribution in [0.4, 0.5) is 4.39 Å². The second-order valence-electron chi connectivity index (χ2n) is 6.96. The summed E-state index contributed by atoms with van der Waals surface area (Å²) in [5.74, 6) is 1.31. The van der Waals surface area contributed by atoms with Gasteiger partial charge < -0.3 is 5.32 Å². The minimum atomic E-state index is -0.124. The van der Waals surface area contributed by atoms with E-state index in [1.807, 2.05) is 12.1 Å². The largest absolute Gasteiger partial charge is 0.316 e. The van der Waals surface area contributed by atoms with Gasteiger partial charge in [0.1, 0.15) is 5.82 Å². The zero-order valence-corrected chi connectivity index (χ0v) is 12.5. The molecule has 1 aliphatic carbocycles. The first-order chi connectivity index (χ1) is 9.70. The third kappa shape index (κ3) is 2.76. The molecule has 1 aromatic rings. The predicted molar refractivity (Wildman–Crippen MR) is 81.3 cm³/mol. The van der Waals surface area contributed by atoms with Gasteiger partial charge in [0.2, 0.25) is 0 Å². The van der Waals surface area contributed by atoms with E-state index in [1.54, 1.807) is 12.1 Å². The summed E-state index contributed by atoms with van der Waals surface area (Å²) in [5.41, 5.74) is 1.78. The number of benzene rings is 1. The van der Waals surface area contributed by atoms with E-state index in [0.29, 0.717) is 11.3 Å². The molecule has 1 nitrogen and oxygen atoms in total. The molecular formula is C18H26FN. The molecule has 3 rings (SSSR count). The standard InChI is InChI=1S/C18H26FN/c1-14-3-2-9-18(10-8-14)11-12-20-13-17(18)15-4-6-16(19)7-5-15/h4-7,14,17,20H,2-3,8-13H2,1H3. The summed E-state index contributed by atoms with van der Waals surface area (Å²) in [4.78, 5) is 0. The topological polar surface area (TPSA) is 12.0 Å². The Morgan fingerprint density at radius 3 is 2.70 bits per heavy atom. The highest BCUT2D eigenvalue weighted by Gasteiger charge is 2.41. The zero-order valence-electron chi connectivity index (χ0n) is 12.5. The monoisotopic (exact) mass is 275 g/mol. The van der Waals surface area contributed by atoms with Gasteiger partial charge in [0.25, 0.3) is 0 Å². The molecule has 3 unspecified atom stereocenters. The molecule has 1 N–H and O–H groups in total. The minimum Gasteiger partial charge on any atom is -0.316 e. The lowest BCUT2D eigenvalue weighted by Gasteiger charge is -2.45. The normalized spacial score (nSPS) is 34.9. The van der Waals surface area contributed by atoms with E-state index < -0.39 is 0 Å². The van der Waals surface area contributed by atoms with Crippen molar-refractivity contribution in [2.45, 2.75) is 51.4 Å². The van der Waals surface area contributed by atoms with Crippen molar-refractivity contribution in [1.29, 1.82) is 0 Å². The second-order valence-corrected chi connectivity index (χ2v) is 6.96. The van der Waals surface area contributed by atoms with Crippen LogP contribution in [0.25, 0.3) is 0 Å². The van der Waals surface area contributed by atoms with Gasteiger partial charge in [-0.05, 0) is 54.8 Å². The fourth-order valence-corrected chi connectivity index (χ4v) is 4.35. The van der Waals surface area contributed by atoms with Gasteiger partial charge in [-0.1, -0.05) is 38.3 Å². The average molecular weight is 275 g/mol. The Labute approximate surface area is 122 Å². The van der Waals surface area contributed by atoms with Crippen LogP contribution in [0.2, 0.25) is 0 Å². The SMILES string of the molecule is CC1CCCC2(CCNCC2c2ccc(F)cc2)CC1. The molecule has 0 radical (unpaired) electrons. The van der Waals surface area contributed by atoms with Crippen LogP contribution in [0.5, 0.6) is 0 Å². The number of halogens is 1. The van der Waals surface area contributed by atoms with Gasteiger partial charge in [-0.3, -0.25) is 0 Å². The summed E-state index contributed by atoms with van der Waals surface area (Å²) in [6.45, 7) is 4.60. The number of hydrogen-bond acceptors (Lipinski definition) is 1. The van der Waals surface area contributed by atoms with Crippen LogP contribution in [-0.4, -0.2) is 13.1 Å². The third-order valence-electron chi connectivity index (χ3n) is 5.67. The van der Waals surface area contributed by atoms with E-state index >= 15 is 0 Å². The van der Waals surface area contributed by atoms with Gasteiger partial charge in [-0.15, -0.1) is 0 Å². The van der Waals surface area contributed by atoms with Crippen molar-refractivity contribution in [3.63, 3.8) is 0 Å². The zero-order chi connectivity index (χ0) is 14.0. The molecule has 2 fully saturated rings. The Balaban J connectivity index is 1.88. The lowest BCUT2D eigenvalue weighted by atomic mass is 9.63. The fourth-order valence-electron chi connectivity index (χ4n) is 4.35. The van der Waals surface area contributed by atoms with E-state index in [4.69, 9.17) is 0 Å². The van der Waals surface area contributed by atoms with E-state index in [1.165, 1.54) is 44.1 Å². The summed E-state index contributed by atoms with van der Waals surface area (Å²) in [6.07, 6.45) is 8.07. The summed E-state index contributed by atoms with van der Waals surface area (Å²) in [7, 11) is 0. The Hall–Kier alpha value is -0.890. The Bertz CT molecular complexity index is 441. The molecule has 1 aromatic carbocycles. The summed E-state index contributed by atoms with van der Waals surface area (Å²) in [6, 6.07) is 7.25. The van der Waals surface area contributed by atoms with Crippen LogP contribution in [0.15, 0.2) is 24.3 Å². The fraction of sp³-hybridized carbons (Fsp3) is 0.667. The minimum absolute atomic E-state index is 0.124. The van der Waals surface area contributed by atoms with E-state index in [9.17, 15) is 4.39 Å². The molecular weight excluding hydrogens is 249 g/mol. The van der Waals surface area contributed by atoms with Gasteiger partial charge in [0, 0.05) is 12.5 Å². The summed E-state index contributed by atoms with van der Waals surface area (Å²) in [5, 5.41) is 3.56. The molecule has 0 bridgehead atoms. The first-order valence-electron chi connectivity index (χ1n) is 8.16. The molecule has 1 heterocycles. The van der Waals surface area contributed by atoms with Gasteiger partial charge in [-0.2, -0.15) is 0 Å². The molecule has 2 heteroatoms. The predicted octanol–water partition coefficient (Wildman–Crippen LogP) is 4.49. The summed E-state index contributed by atoms with van der Waals surface area (Å²) < 4.78 is 13.2. The Morgan fingerprint density at radius 1 is 1.10 bits per heavy atom. The second kappa shape index (κ2) is 5.85. The molecule has 1 spiro atoms. The average Bonchev–Trinajstić information content (AvgIpc) is 2.64. The molecule has 3 atom stereocenters. The van der Waals surface area contributed by atoms with Gasteiger partial charge in [-0.25, -0.2) is 4.39 Å². The maximum absolute atomic E-state index is 13.2. The van der Waals surface area contributed by atoms with Crippen LogP contribution < -0.4 is 5.32 Å². The van der Waals surface area contributed by atoms with Crippen molar-refractivity contribution in [3.05, 3.63) is 35.6 Å². The van der Waals surface area contributed by atoms with Gasteiger partial charge in [0.15, 0.2) is 0 Å². The lowest BCUT2D eigenvalue weighted by Crippen LogP contribution is -2.43. The van der Waals surface area contributed by atoms with Crippen LogP contribution >= 0.6 is 0 Å². The van der Waals surface area contributed by atoms with Crippen LogP contribution in [0.1, 0.15) is 56.9 Å². The van der Waals surface area contributed by atoms with Gasteiger partial charge >= 0.3 is 0 Å². The van der Waals surface area contributed by atoms with E-state index in [-0.39, 0.29) is 5.82 Å². The van der Waals surface area contributed by atoms with Crippen molar-refractivity contribution in [2.75, 3.05) is 13.1 Å². The van der Waals surface area contributed by atoms with Crippen molar-refractivity contribution in [1.82, 2.24) is 5.32 Å². The van der Waals surface area contributed by atoms with E-state index in [2.05, 4.69) is 12.2 Å². The van der Waals surface area contributed by atoms with Crippen LogP contribution in [0, 0.1) is 17.2 Å². The molecule has 0 aromatic heterocycles. The first kappa shape index (κ1) is 14.1. The highest BCUT2D eigenvalue weighted by molar-refractivity contribution is 5.24. The quantitative estimate of drug-likeness (QED) is 0.796. The Kier molecular flexibility index (Phi) is 4.11. The molecule has 2 aliphatic rings. The number of rotatable bonds is 1. The summed E-state index contributed by atoms with van der Waals surface area (Å²) >= 11 is 0. The molecule has 1 saturated heterocycles. The van der Waals surface area contributed by atoms with Gasteiger partial charge in [0.05, 0.1) is 0 Å². The highest BCUT2D eigenvalue weighted by atomic mass is 19.1. The van der Waals surface area contributed by atoms with Crippen LogP contribution in [-0.2, 0) is 0 Å². The number of hydrogen-bond donors (Lipinski definition) is 1. The molecule has 110 valence electrons. The van der Waals surface area contributed by atoms with E-state index in [0.717, 1.165) is 19.0 Å². The maximum atomic E-state index is 13.2. The molecule has 0 amide bonds. The number of piperidine rings is 1. The highest BCUT2D eigenvalue weighted by Crippen LogP contribution is 2.50. The lowest BCUT2D eigenvalue weighted by molar-refractivity contribution is 0.135. The molecule has 1 saturated carbocycles. The smallest absolute Gasteiger partial charge is 0.123 e. The van der Waals surface area contributed by atoms with Crippen molar-refractivity contribution in [3.8, 4) is 0 Å². The maximum Gasteiger partial charge on any atom is 0.123 e.